The highest BCUT2D eigenvalue weighted by Crippen LogP contribution is 2.22. The number of benzene rings is 1. The second kappa shape index (κ2) is 7.06. The first kappa shape index (κ1) is 17.6. The minimum atomic E-state index is -0.774. The number of hydrogen-bond donors (Lipinski definition) is 2. The first-order valence-electron chi connectivity index (χ1n) is 9.53. The zero-order valence-electron chi connectivity index (χ0n) is 15.4. The van der Waals surface area contributed by atoms with E-state index in [1.807, 2.05) is 30.5 Å². The number of imide groups is 1. The van der Waals surface area contributed by atoms with Crippen molar-refractivity contribution in [3.05, 3.63) is 36.0 Å². The molecule has 0 bridgehead atoms. The number of hydrogen-bond acceptors (Lipinski definition) is 3. The van der Waals surface area contributed by atoms with Crippen LogP contribution in [0.4, 0.5) is 4.79 Å². The van der Waals surface area contributed by atoms with Crippen LogP contribution in [0.25, 0.3) is 10.9 Å². The Morgan fingerprint density at radius 1 is 1.19 bits per heavy atom. The van der Waals surface area contributed by atoms with E-state index < -0.39 is 18.1 Å². The molecule has 4 rings (SSSR count). The molecule has 0 aliphatic carbocycles. The second-order valence-corrected chi connectivity index (χ2v) is 7.34. The highest BCUT2D eigenvalue weighted by atomic mass is 16.2. The summed E-state index contributed by atoms with van der Waals surface area (Å²) in [5.41, 5.74) is 1.97. The molecule has 7 nitrogen and oxygen atoms in total. The zero-order chi connectivity index (χ0) is 19.0. The van der Waals surface area contributed by atoms with Crippen molar-refractivity contribution in [1.82, 2.24) is 20.1 Å². The summed E-state index contributed by atoms with van der Waals surface area (Å²) in [6, 6.07) is 5.95. The van der Waals surface area contributed by atoms with Gasteiger partial charge < -0.3 is 15.2 Å². The number of urea groups is 1. The fraction of sp³-hybridized carbons (Fsp3) is 0.450. The van der Waals surface area contributed by atoms with E-state index in [0.29, 0.717) is 19.5 Å². The Hall–Kier alpha value is -2.83. The molecule has 2 saturated heterocycles. The van der Waals surface area contributed by atoms with Gasteiger partial charge in [0.05, 0.1) is 0 Å². The molecular formula is C20H24N4O3. The molecule has 3 heterocycles. The van der Waals surface area contributed by atoms with Crippen LogP contribution in [0.15, 0.2) is 30.5 Å². The van der Waals surface area contributed by atoms with Gasteiger partial charge in [-0.1, -0.05) is 18.2 Å². The maximum absolute atomic E-state index is 12.9. The molecule has 2 fully saturated rings. The van der Waals surface area contributed by atoms with Crippen molar-refractivity contribution in [2.24, 2.45) is 0 Å². The van der Waals surface area contributed by atoms with Crippen molar-refractivity contribution in [1.29, 1.82) is 0 Å². The van der Waals surface area contributed by atoms with Gasteiger partial charge in [0.2, 0.25) is 5.91 Å². The monoisotopic (exact) mass is 368 g/mol. The van der Waals surface area contributed by atoms with Crippen LogP contribution in [-0.2, 0) is 16.0 Å². The highest BCUT2D eigenvalue weighted by Gasteiger charge is 2.43. The molecule has 2 atom stereocenters. The van der Waals surface area contributed by atoms with Crippen LogP contribution in [0.5, 0.6) is 0 Å². The zero-order valence-corrected chi connectivity index (χ0v) is 15.4. The Morgan fingerprint density at radius 2 is 1.93 bits per heavy atom. The van der Waals surface area contributed by atoms with Crippen molar-refractivity contribution in [3.8, 4) is 0 Å². The molecule has 0 spiro atoms. The average molecular weight is 368 g/mol. The number of nitrogens with one attached hydrogen (secondary N) is 2. The SMILES string of the molecule is C[C@@H](C(=O)N1CCCCC1)N1C(=O)N[C@@H](Cc2c[nH]c3ccccc23)C1=O. The van der Waals surface area contributed by atoms with Gasteiger partial charge in [0.25, 0.3) is 5.91 Å². The van der Waals surface area contributed by atoms with Gasteiger partial charge in [-0.15, -0.1) is 0 Å². The third kappa shape index (κ3) is 3.18. The summed E-state index contributed by atoms with van der Waals surface area (Å²) in [6.45, 7) is 3.04. The number of aromatic nitrogens is 1. The molecule has 0 unspecified atom stereocenters. The lowest BCUT2D eigenvalue weighted by molar-refractivity contribution is -0.142. The molecule has 1 aromatic carbocycles. The van der Waals surface area contributed by atoms with E-state index in [9.17, 15) is 14.4 Å². The first-order chi connectivity index (χ1) is 13.1. The number of carbonyl (C=O) groups is 3. The van der Waals surface area contributed by atoms with Gasteiger partial charge in [0.1, 0.15) is 12.1 Å². The third-order valence-electron chi connectivity index (χ3n) is 5.56. The highest BCUT2D eigenvalue weighted by molar-refractivity contribution is 6.07. The molecule has 2 N–H and O–H groups in total. The normalized spacial score (nSPS) is 21.6. The lowest BCUT2D eigenvalue weighted by Crippen LogP contribution is -2.51. The van der Waals surface area contributed by atoms with Crippen molar-refractivity contribution < 1.29 is 14.4 Å². The van der Waals surface area contributed by atoms with Gasteiger partial charge >= 0.3 is 6.03 Å². The number of piperidine rings is 1. The van der Waals surface area contributed by atoms with E-state index in [2.05, 4.69) is 10.3 Å². The summed E-state index contributed by atoms with van der Waals surface area (Å²) in [6.07, 6.45) is 5.34. The second-order valence-electron chi connectivity index (χ2n) is 7.34. The number of fused-ring (bicyclic) bond motifs is 1. The number of rotatable bonds is 4. The summed E-state index contributed by atoms with van der Waals surface area (Å²) in [5.74, 6) is -0.478. The smallest absolute Gasteiger partial charge is 0.325 e. The van der Waals surface area contributed by atoms with Crippen molar-refractivity contribution >= 4 is 28.7 Å². The summed E-state index contributed by atoms with van der Waals surface area (Å²) in [5, 5.41) is 3.79. The predicted molar refractivity (Wildman–Crippen MR) is 101 cm³/mol. The van der Waals surface area contributed by atoms with Gasteiger partial charge in [-0.05, 0) is 37.8 Å². The fourth-order valence-electron chi connectivity index (χ4n) is 4.06. The molecule has 4 amide bonds. The van der Waals surface area contributed by atoms with E-state index in [0.717, 1.165) is 40.6 Å². The van der Waals surface area contributed by atoms with E-state index in [4.69, 9.17) is 0 Å². The van der Waals surface area contributed by atoms with E-state index >= 15 is 0 Å². The Kier molecular flexibility index (Phi) is 4.59. The number of amides is 4. The van der Waals surface area contributed by atoms with Crippen LogP contribution < -0.4 is 5.32 Å². The van der Waals surface area contributed by atoms with Crippen LogP contribution in [0.1, 0.15) is 31.7 Å². The fourth-order valence-corrected chi connectivity index (χ4v) is 4.06. The van der Waals surface area contributed by atoms with Gasteiger partial charge in [0.15, 0.2) is 0 Å². The van der Waals surface area contributed by atoms with Gasteiger partial charge in [-0.25, -0.2) is 4.79 Å². The van der Waals surface area contributed by atoms with Crippen LogP contribution >= 0.6 is 0 Å². The summed E-state index contributed by atoms with van der Waals surface area (Å²) < 4.78 is 0. The molecule has 0 radical (unpaired) electrons. The lowest BCUT2D eigenvalue weighted by atomic mass is 10.0. The Balaban J connectivity index is 1.49. The predicted octanol–water partition coefficient (Wildman–Crippen LogP) is 2.03. The molecule has 1 aromatic heterocycles. The largest absolute Gasteiger partial charge is 0.361 e. The average Bonchev–Trinajstić information content (AvgIpc) is 3.22. The molecular weight excluding hydrogens is 344 g/mol. The van der Waals surface area contributed by atoms with Crippen molar-refractivity contribution in [2.45, 2.75) is 44.7 Å². The maximum Gasteiger partial charge on any atom is 0.325 e. The summed E-state index contributed by atoms with van der Waals surface area (Å²) >= 11 is 0. The number of likely N-dealkylation sites (tertiary alicyclic amines) is 1. The van der Waals surface area contributed by atoms with Crippen LogP contribution in [-0.4, -0.2) is 57.8 Å². The van der Waals surface area contributed by atoms with Crippen molar-refractivity contribution in [3.63, 3.8) is 0 Å². The number of aromatic amines is 1. The van der Waals surface area contributed by atoms with Gasteiger partial charge in [0, 0.05) is 36.6 Å². The standard InChI is InChI=1S/C20H24N4O3/c1-13(18(25)23-9-5-2-6-10-23)24-19(26)17(22-20(24)27)11-14-12-21-16-8-4-3-7-15(14)16/h3-4,7-8,12-13,17,21H,2,5-6,9-11H2,1H3,(H,22,27)/t13-,17-/m0/s1. The third-order valence-corrected chi connectivity index (χ3v) is 5.56. The summed E-state index contributed by atoms with van der Waals surface area (Å²) in [4.78, 5) is 44.1. The lowest BCUT2D eigenvalue weighted by Gasteiger charge is -2.31. The van der Waals surface area contributed by atoms with Gasteiger partial charge in [-0.2, -0.15) is 0 Å². The maximum atomic E-state index is 12.9. The molecule has 2 aromatic rings. The molecule has 142 valence electrons. The quantitative estimate of drug-likeness (QED) is 0.810. The van der Waals surface area contributed by atoms with E-state index in [1.54, 1.807) is 11.8 Å². The van der Waals surface area contributed by atoms with Crippen LogP contribution in [0.2, 0.25) is 0 Å². The molecule has 27 heavy (non-hydrogen) atoms. The van der Waals surface area contributed by atoms with Crippen LogP contribution in [0.3, 0.4) is 0 Å². The Bertz CT molecular complexity index is 884. The number of carbonyl (C=O) groups excluding carboxylic acids is 3. The number of H-pyrrole nitrogens is 1. The minimum Gasteiger partial charge on any atom is -0.361 e. The first-order valence-corrected chi connectivity index (χ1v) is 9.53. The Labute approximate surface area is 157 Å². The van der Waals surface area contributed by atoms with Crippen LogP contribution in [0, 0.1) is 0 Å². The van der Waals surface area contributed by atoms with Crippen molar-refractivity contribution in [2.75, 3.05) is 13.1 Å². The topological polar surface area (TPSA) is 85.5 Å². The minimum absolute atomic E-state index is 0.147. The summed E-state index contributed by atoms with van der Waals surface area (Å²) in [7, 11) is 0. The molecule has 0 saturated carbocycles. The molecule has 7 heteroatoms. The van der Waals surface area contributed by atoms with Gasteiger partial charge in [-0.3, -0.25) is 14.5 Å². The van der Waals surface area contributed by atoms with E-state index in [-0.39, 0.29) is 11.8 Å². The number of nitrogens with zero attached hydrogens (tertiary/aromatic N) is 2. The molecule has 2 aliphatic heterocycles. The Morgan fingerprint density at radius 3 is 2.70 bits per heavy atom. The molecule has 2 aliphatic rings. The van der Waals surface area contributed by atoms with E-state index in [1.165, 1.54) is 0 Å². The number of para-hydroxylation sites is 1.